The molecule has 0 aliphatic carbocycles. The molecule has 0 unspecified atom stereocenters. The Hall–Kier alpha value is -2.24. The van der Waals surface area contributed by atoms with Crippen molar-refractivity contribution in [1.82, 2.24) is 19.5 Å². The SMILES string of the molecule is CCNc1cnc(Cn2cccnc2=O)cn1. The number of anilines is 1. The molecule has 1 N–H and O–H groups in total. The minimum absolute atomic E-state index is 0.287. The predicted molar refractivity (Wildman–Crippen MR) is 63.8 cm³/mol. The Morgan fingerprint density at radius 3 is 2.82 bits per heavy atom. The molecule has 0 bridgehead atoms. The molecule has 2 aromatic rings. The highest BCUT2D eigenvalue weighted by molar-refractivity contribution is 5.30. The van der Waals surface area contributed by atoms with Crippen molar-refractivity contribution in [2.75, 3.05) is 11.9 Å². The second-order valence-electron chi connectivity index (χ2n) is 3.45. The monoisotopic (exact) mass is 231 g/mol. The fourth-order valence-electron chi connectivity index (χ4n) is 1.39. The largest absolute Gasteiger partial charge is 0.369 e. The summed E-state index contributed by atoms with van der Waals surface area (Å²) in [7, 11) is 0. The second kappa shape index (κ2) is 5.20. The Morgan fingerprint density at radius 2 is 2.18 bits per heavy atom. The smallest absolute Gasteiger partial charge is 0.347 e. The zero-order valence-corrected chi connectivity index (χ0v) is 9.50. The molecule has 0 aliphatic heterocycles. The normalized spacial score (nSPS) is 10.2. The van der Waals surface area contributed by atoms with Gasteiger partial charge >= 0.3 is 5.69 Å². The number of rotatable bonds is 4. The number of hydrogen-bond donors (Lipinski definition) is 1. The third kappa shape index (κ3) is 2.87. The highest BCUT2D eigenvalue weighted by Gasteiger charge is 2.00. The lowest BCUT2D eigenvalue weighted by molar-refractivity contribution is 0.707. The number of nitrogens with zero attached hydrogens (tertiary/aromatic N) is 4. The third-order valence-electron chi connectivity index (χ3n) is 2.18. The van der Waals surface area contributed by atoms with E-state index in [2.05, 4.69) is 20.3 Å². The summed E-state index contributed by atoms with van der Waals surface area (Å²) in [4.78, 5) is 23.5. The first-order valence-corrected chi connectivity index (χ1v) is 5.36. The van der Waals surface area contributed by atoms with Gasteiger partial charge in [0.1, 0.15) is 5.82 Å². The van der Waals surface area contributed by atoms with E-state index < -0.39 is 0 Å². The first-order chi connectivity index (χ1) is 8.29. The van der Waals surface area contributed by atoms with Gasteiger partial charge in [0.15, 0.2) is 0 Å². The first kappa shape index (κ1) is 11.3. The highest BCUT2D eigenvalue weighted by Crippen LogP contribution is 2.01. The quantitative estimate of drug-likeness (QED) is 0.830. The summed E-state index contributed by atoms with van der Waals surface area (Å²) in [5.41, 5.74) is 0.437. The fraction of sp³-hybridized carbons (Fsp3) is 0.273. The lowest BCUT2D eigenvalue weighted by Crippen LogP contribution is -2.22. The average molecular weight is 231 g/mol. The van der Waals surface area contributed by atoms with Crippen LogP contribution in [0.25, 0.3) is 0 Å². The first-order valence-electron chi connectivity index (χ1n) is 5.36. The van der Waals surface area contributed by atoms with E-state index in [9.17, 15) is 4.79 Å². The van der Waals surface area contributed by atoms with Crippen molar-refractivity contribution in [3.8, 4) is 0 Å². The molecular formula is C11H13N5O. The Labute approximate surface area is 98.4 Å². The molecule has 0 fully saturated rings. The average Bonchev–Trinajstić information content (AvgIpc) is 2.35. The molecule has 0 aromatic carbocycles. The molecule has 17 heavy (non-hydrogen) atoms. The molecule has 6 nitrogen and oxygen atoms in total. The van der Waals surface area contributed by atoms with Crippen LogP contribution in [0.1, 0.15) is 12.6 Å². The van der Waals surface area contributed by atoms with Gasteiger partial charge in [0.25, 0.3) is 0 Å². The van der Waals surface area contributed by atoms with Crippen molar-refractivity contribution >= 4 is 5.82 Å². The van der Waals surface area contributed by atoms with Crippen LogP contribution in [0.15, 0.2) is 35.6 Å². The molecule has 0 spiro atoms. The lowest BCUT2D eigenvalue weighted by Gasteiger charge is -2.05. The van der Waals surface area contributed by atoms with Crippen LogP contribution >= 0.6 is 0 Å². The minimum Gasteiger partial charge on any atom is -0.369 e. The summed E-state index contributed by atoms with van der Waals surface area (Å²) >= 11 is 0. The maximum atomic E-state index is 11.4. The zero-order chi connectivity index (χ0) is 12.1. The molecule has 0 atom stereocenters. The Bertz CT molecular complexity index is 534. The van der Waals surface area contributed by atoms with E-state index in [1.54, 1.807) is 24.7 Å². The van der Waals surface area contributed by atoms with Gasteiger partial charge < -0.3 is 5.32 Å². The fourth-order valence-corrected chi connectivity index (χ4v) is 1.39. The molecule has 0 amide bonds. The van der Waals surface area contributed by atoms with Crippen molar-refractivity contribution in [3.05, 3.63) is 47.0 Å². The molecule has 0 saturated heterocycles. The van der Waals surface area contributed by atoms with E-state index in [-0.39, 0.29) is 5.69 Å². The van der Waals surface area contributed by atoms with Crippen LogP contribution in [0.2, 0.25) is 0 Å². The summed E-state index contributed by atoms with van der Waals surface area (Å²) < 4.78 is 1.48. The van der Waals surface area contributed by atoms with E-state index in [0.29, 0.717) is 6.54 Å². The third-order valence-corrected chi connectivity index (χ3v) is 2.18. The molecule has 2 heterocycles. The van der Waals surface area contributed by atoms with E-state index >= 15 is 0 Å². The van der Waals surface area contributed by atoms with E-state index in [4.69, 9.17) is 0 Å². The van der Waals surface area contributed by atoms with Gasteiger partial charge in [0.2, 0.25) is 0 Å². The van der Waals surface area contributed by atoms with Crippen LogP contribution in [0, 0.1) is 0 Å². The Morgan fingerprint density at radius 1 is 1.29 bits per heavy atom. The zero-order valence-electron chi connectivity index (χ0n) is 9.50. The maximum Gasteiger partial charge on any atom is 0.347 e. The molecule has 6 heteroatoms. The summed E-state index contributed by atoms with van der Waals surface area (Å²) in [6.45, 7) is 3.17. The van der Waals surface area contributed by atoms with Gasteiger partial charge in [-0.05, 0) is 13.0 Å². The van der Waals surface area contributed by atoms with Gasteiger partial charge in [0.05, 0.1) is 24.6 Å². The van der Waals surface area contributed by atoms with Crippen molar-refractivity contribution in [1.29, 1.82) is 0 Å². The summed E-state index contributed by atoms with van der Waals surface area (Å²) in [5.74, 6) is 0.731. The summed E-state index contributed by atoms with van der Waals surface area (Å²) in [6, 6.07) is 1.71. The molecule has 0 radical (unpaired) electrons. The van der Waals surface area contributed by atoms with Crippen molar-refractivity contribution < 1.29 is 0 Å². The van der Waals surface area contributed by atoms with E-state index in [0.717, 1.165) is 18.1 Å². The van der Waals surface area contributed by atoms with Crippen LogP contribution in [-0.2, 0) is 6.54 Å². The van der Waals surface area contributed by atoms with Gasteiger partial charge in [-0.3, -0.25) is 9.55 Å². The van der Waals surface area contributed by atoms with Crippen LogP contribution in [0.5, 0.6) is 0 Å². The number of aromatic nitrogens is 4. The second-order valence-corrected chi connectivity index (χ2v) is 3.45. The predicted octanol–water partition coefficient (Wildman–Crippen LogP) is 0.513. The van der Waals surface area contributed by atoms with Gasteiger partial charge in [-0.25, -0.2) is 14.8 Å². The van der Waals surface area contributed by atoms with Crippen molar-refractivity contribution in [3.63, 3.8) is 0 Å². The number of nitrogens with one attached hydrogen (secondary N) is 1. The summed E-state index contributed by atoms with van der Waals surface area (Å²) in [6.07, 6.45) is 6.45. The van der Waals surface area contributed by atoms with Gasteiger partial charge in [0, 0.05) is 18.9 Å². The summed E-state index contributed by atoms with van der Waals surface area (Å²) in [5, 5.41) is 3.06. The Balaban J connectivity index is 2.14. The van der Waals surface area contributed by atoms with Gasteiger partial charge in [-0.15, -0.1) is 0 Å². The van der Waals surface area contributed by atoms with Crippen LogP contribution in [0.3, 0.4) is 0 Å². The van der Waals surface area contributed by atoms with Gasteiger partial charge in [-0.2, -0.15) is 0 Å². The van der Waals surface area contributed by atoms with Crippen LogP contribution < -0.4 is 11.0 Å². The molecule has 88 valence electrons. The van der Waals surface area contributed by atoms with Gasteiger partial charge in [-0.1, -0.05) is 0 Å². The molecule has 0 saturated carbocycles. The molecule has 2 rings (SSSR count). The minimum atomic E-state index is -0.287. The van der Waals surface area contributed by atoms with Crippen molar-refractivity contribution in [2.45, 2.75) is 13.5 Å². The van der Waals surface area contributed by atoms with Crippen LogP contribution in [0.4, 0.5) is 5.82 Å². The number of hydrogen-bond acceptors (Lipinski definition) is 5. The standard InChI is InChI=1S/C11H13N5O/c1-2-12-10-7-14-9(6-15-10)8-16-5-3-4-13-11(16)17/h3-7H,2,8H2,1H3,(H,12,15). The topological polar surface area (TPSA) is 72.7 Å². The van der Waals surface area contributed by atoms with E-state index in [1.165, 1.54) is 10.8 Å². The lowest BCUT2D eigenvalue weighted by atomic mass is 10.4. The Kier molecular flexibility index (Phi) is 3.44. The molecule has 2 aromatic heterocycles. The van der Waals surface area contributed by atoms with Crippen LogP contribution in [-0.4, -0.2) is 26.1 Å². The maximum absolute atomic E-state index is 11.4. The van der Waals surface area contributed by atoms with Crippen molar-refractivity contribution in [2.24, 2.45) is 0 Å². The molecule has 0 aliphatic rings. The van der Waals surface area contributed by atoms with E-state index in [1.807, 2.05) is 6.92 Å². The highest BCUT2D eigenvalue weighted by atomic mass is 16.1. The molecular weight excluding hydrogens is 218 g/mol.